The van der Waals surface area contributed by atoms with Crippen LogP contribution in [0.1, 0.15) is 21.6 Å². The summed E-state index contributed by atoms with van der Waals surface area (Å²) in [6.45, 7) is 0.227. The highest BCUT2D eigenvalue weighted by Gasteiger charge is 2.23. The number of rotatable bonds is 4. The van der Waals surface area contributed by atoms with Crippen LogP contribution >= 0.6 is 0 Å². The lowest BCUT2D eigenvalue weighted by atomic mass is 10.0. The molecule has 0 spiro atoms. The lowest BCUT2D eigenvalue weighted by Gasteiger charge is -2.11. The van der Waals surface area contributed by atoms with Crippen LogP contribution in [0, 0.1) is 11.2 Å². The van der Waals surface area contributed by atoms with Crippen LogP contribution in [0.15, 0.2) is 60.7 Å². The van der Waals surface area contributed by atoms with Gasteiger partial charge >= 0.3 is 5.97 Å². The van der Waals surface area contributed by atoms with Gasteiger partial charge in [-0.3, -0.25) is 0 Å². The minimum Gasteiger partial charge on any atom is -0.476 e. The smallest absolute Gasteiger partial charge is 0.355 e. The van der Waals surface area contributed by atoms with E-state index in [4.69, 9.17) is 5.41 Å². The first-order valence-corrected chi connectivity index (χ1v) is 8.70. The Kier molecular flexibility index (Phi) is 5.52. The molecule has 0 saturated carbocycles. The second-order valence-corrected chi connectivity index (χ2v) is 6.11. The molecule has 4 rings (SSSR count). The van der Waals surface area contributed by atoms with Crippen molar-refractivity contribution in [2.45, 2.75) is 6.54 Å². The molecule has 0 bridgehead atoms. The number of nitrogens with two attached hydrogens (primary N) is 1. The zero-order chi connectivity index (χ0) is 20.3. The Morgan fingerprint density at radius 3 is 2.54 bits per heavy atom. The fraction of sp³-hybridized carbons (Fsp3) is 0.0909. The molecule has 4 aromatic rings. The van der Waals surface area contributed by atoms with Crippen LogP contribution in [0.5, 0.6) is 0 Å². The Bertz CT molecular complexity index is 1180. The number of hydrogen-bond acceptors (Lipinski definition) is 3. The Morgan fingerprint density at radius 1 is 1.11 bits per heavy atom. The molecule has 0 saturated heterocycles. The third-order valence-corrected chi connectivity index (χ3v) is 4.60. The Morgan fingerprint density at radius 2 is 1.82 bits per heavy atom. The van der Waals surface area contributed by atoms with Crippen LogP contribution in [0.25, 0.3) is 21.7 Å². The summed E-state index contributed by atoms with van der Waals surface area (Å²) in [6.07, 6.45) is 1.16. The van der Waals surface area contributed by atoms with E-state index in [9.17, 15) is 14.3 Å². The second kappa shape index (κ2) is 8.02. The first kappa shape index (κ1) is 19.3. The van der Waals surface area contributed by atoms with E-state index in [2.05, 4.69) is 5.73 Å². The summed E-state index contributed by atoms with van der Waals surface area (Å²) in [5.41, 5.74) is 6.10. The van der Waals surface area contributed by atoms with Crippen LogP contribution in [0.4, 0.5) is 4.39 Å². The molecule has 1 heterocycles. The maximum atomic E-state index is 14.7. The SMILES string of the molecule is CN.N=Cc1ccc2c(F)c(C(=O)O)n(Cc3cccc4ccccc34)c2c1. The van der Waals surface area contributed by atoms with Crippen LogP contribution in [-0.4, -0.2) is 28.9 Å². The van der Waals surface area contributed by atoms with Gasteiger partial charge in [0.25, 0.3) is 0 Å². The quantitative estimate of drug-likeness (QED) is 0.464. The summed E-state index contributed by atoms with van der Waals surface area (Å²) in [4.78, 5) is 11.7. The Balaban J connectivity index is 0.00000109. The minimum atomic E-state index is -1.31. The zero-order valence-corrected chi connectivity index (χ0v) is 15.3. The van der Waals surface area contributed by atoms with Gasteiger partial charge in [-0.15, -0.1) is 0 Å². The monoisotopic (exact) mass is 377 g/mol. The number of aromatic carboxylic acids is 1. The number of halogens is 1. The molecule has 0 amide bonds. The van der Waals surface area contributed by atoms with Crippen molar-refractivity contribution in [3.05, 3.63) is 83.3 Å². The van der Waals surface area contributed by atoms with Gasteiger partial charge in [-0.1, -0.05) is 48.5 Å². The summed E-state index contributed by atoms with van der Waals surface area (Å²) in [7, 11) is 1.50. The summed E-state index contributed by atoms with van der Waals surface area (Å²) in [6, 6.07) is 18.4. The van der Waals surface area contributed by atoms with Crippen molar-refractivity contribution in [1.82, 2.24) is 4.57 Å². The molecule has 0 aliphatic heterocycles. The van der Waals surface area contributed by atoms with Gasteiger partial charge in [-0.2, -0.15) is 0 Å². The number of carbonyl (C=O) groups is 1. The number of nitrogens with one attached hydrogen (secondary N) is 1. The highest BCUT2D eigenvalue weighted by atomic mass is 19.1. The van der Waals surface area contributed by atoms with Gasteiger partial charge in [0.05, 0.1) is 5.52 Å². The molecular weight excluding hydrogens is 357 g/mol. The first-order chi connectivity index (χ1) is 13.6. The fourth-order valence-corrected chi connectivity index (χ4v) is 3.39. The van der Waals surface area contributed by atoms with Gasteiger partial charge < -0.3 is 20.8 Å². The third-order valence-electron chi connectivity index (χ3n) is 4.60. The van der Waals surface area contributed by atoms with E-state index in [1.54, 1.807) is 12.1 Å². The van der Waals surface area contributed by atoms with Gasteiger partial charge in [0.1, 0.15) is 0 Å². The molecule has 0 unspecified atom stereocenters. The van der Waals surface area contributed by atoms with Crippen molar-refractivity contribution in [2.75, 3.05) is 7.05 Å². The molecule has 3 aromatic carbocycles. The minimum absolute atomic E-state index is 0.227. The number of carboxylic acids is 1. The van der Waals surface area contributed by atoms with E-state index >= 15 is 0 Å². The van der Waals surface area contributed by atoms with Gasteiger partial charge in [-0.05, 0) is 41.1 Å². The van der Waals surface area contributed by atoms with Crippen LogP contribution in [0.3, 0.4) is 0 Å². The summed E-state index contributed by atoms with van der Waals surface area (Å²) >= 11 is 0. The van der Waals surface area contributed by atoms with Crippen molar-refractivity contribution >= 4 is 33.9 Å². The molecule has 28 heavy (non-hydrogen) atoms. The molecule has 0 aliphatic carbocycles. The largest absolute Gasteiger partial charge is 0.476 e. The summed E-state index contributed by atoms with van der Waals surface area (Å²) in [5.74, 6) is -2.06. The average Bonchev–Trinajstić information content (AvgIpc) is 3.01. The number of nitrogens with zero attached hydrogens (tertiary/aromatic N) is 1. The molecule has 0 aliphatic rings. The fourth-order valence-electron chi connectivity index (χ4n) is 3.39. The molecule has 0 atom stereocenters. The number of fused-ring (bicyclic) bond motifs is 2. The summed E-state index contributed by atoms with van der Waals surface area (Å²) < 4.78 is 16.2. The number of benzene rings is 3. The van der Waals surface area contributed by atoms with E-state index in [-0.39, 0.29) is 17.6 Å². The van der Waals surface area contributed by atoms with Crippen LogP contribution in [-0.2, 0) is 6.54 Å². The van der Waals surface area contributed by atoms with Crippen molar-refractivity contribution in [3.63, 3.8) is 0 Å². The van der Waals surface area contributed by atoms with E-state index in [0.29, 0.717) is 11.1 Å². The molecule has 4 N–H and O–H groups in total. The second-order valence-electron chi connectivity index (χ2n) is 6.11. The number of hydrogen-bond donors (Lipinski definition) is 3. The van der Waals surface area contributed by atoms with Gasteiger partial charge in [0.2, 0.25) is 0 Å². The highest BCUT2D eigenvalue weighted by Crippen LogP contribution is 2.28. The normalized spacial score (nSPS) is 10.5. The Labute approximate surface area is 161 Å². The molecular formula is C22H20FN3O2. The van der Waals surface area contributed by atoms with Gasteiger partial charge in [0, 0.05) is 18.1 Å². The molecule has 5 nitrogen and oxygen atoms in total. The maximum Gasteiger partial charge on any atom is 0.355 e. The number of aromatic nitrogens is 1. The Hall–Kier alpha value is -3.51. The lowest BCUT2D eigenvalue weighted by Crippen LogP contribution is -2.11. The molecule has 1 aromatic heterocycles. The number of carboxylic acid groups (broad SMARTS) is 1. The van der Waals surface area contributed by atoms with Crippen molar-refractivity contribution in [3.8, 4) is 0 Å². The molecule has 142 valence electrons. The van der Waals surface area contributed by atoms with Gasteiger partial charge in [-0.25, -0.2) is 9.18 Å². The third kappa shape index (κ3) is 3.25. The van der Waals surface area contributed by atoms with E-state index in [1.807, 2.05) is 42.5 Å². The summed E-state index contributed by atoms with van der Waals surface area (Å²) in [5, 5.41) is 19.3. The average molecular weight is 377 g/mol. The molecule has 6 heteroatoms. The van der Waals surface area contributed by atoms with Crippen molar-refractivity contribution < 1.29 is 14.3 Å². The van der Waals surface area contributed by atoms with Crippen LogP contribution in [0.2, 0.25) is 0 Å². The predicted octanol–water partition coefficient (Wildman–Crippen LogP) is 4.25. The topological polar surface area (TPSA) is 92.1 Å². The molecule has 0 fully saturated rings. The predicted molar refractivity (Wildman–Crippen MR) is 110 cm³/mol. The first-order valence-electron chi connectivity index (χ1n) is 8.70. The highest BCUT2D eigenvalue weighted by molar-refractivity contribution is 5.97. The van der Waals surface area contributed by atoms with E-state index < -0.39 is 11.8 Å². The van der Waals surface area contributed by atoms with E-state index in [0.717, 1.165) is 22.6 Å². The standard InChI is InChI=1S/C21H15FN2O2.CH5N/c22-19-17-9-8-13(11-23)10-18(17)24(20(19)21(25)26)12-15-6-3-5-14-4-1-2-7-16(14)15;1-2/h1-11,23H,12H2,(H,25,26);2H2,1H3. The van der Waals surface area contributed by atoms with Crippen molar-refractivity contribution in [2.24, 2.45) is 5.73 Å². The zero-order valence-electron chi connectivity index (χ0n) is 15.3. The van der Waals surface area contributed by atoms with Gasteiger partial charge in [0.15, 0.2) is 11.5 Å². The van der Waals surface area contributed by atoms with Crippen LogP contribution < -0.4 is 5.73 Å². The maximum absolute atomic E-state index is 14.7. The lowest BCUT2D eigenvalue weighted by molar-refractivity contribution is 0.0681. The van der Waals surface area contributed by atoms with E-state index in [1.165, 1.54) is 17.7 Å². The molecule has 0 radical (unpaired) electrons. The van der Waals surface area contributed by atoms with Crippen molar-refractivity contribution in [1.29, 1.82) is 5.41 Å².